The second kappa shape index (κ2) is 6.91. The lowest BCUT2D eigenvalue weighted by Gasteiger charge is -2.12. The Morgan fingerprint density at radius 3 is 2.45 bits per heavy atom. The number of aryl methyl sites for hydroxylation is 2. The standard InChI is InChI=1S/C17H20FNS/c1-12-6-13(2)8-14(7-12)9-16(19)11-20-17-5-3-4-15(18)10-17/h3-8,10,16H,9,11,19H2,1-2H3. The molecule has 2 aromatic carbocycles. The lowest BCUT2D eigenvalue weighted by molar-refractivity contribution is 0.624. The van der Waals surface area contributed by atoms with Crippen LogP contribution >= 0.6 is 11.8 Å². The van der Waals surface area contributed by atoms with Crippen molar-refractivity contribution in [2.24, 2.45) is 5.73 Å². The third kappa shape index (κ3) is 4.66. The predicted molar refractivity (Wildman–Crippen MR) is 84.7 cm³/mol. The summed E-state index contributed by atoms with van der Waals surface area (Å²) in [5.41, 5.74) is 9.99. The lowest BCUT2D eigenvalue weighted by atomic mass is 10.0. The van der Waals surface area contributed by atoms with Crippen molar-refractivity contribution in [2.45, 2.75) is 31.2 Å². The van der Waals surface area contributed by atoms with Gasteiger partial charge in [0.2, 0.25) is 0 Å². The molecule has 1 unspecified atom stereocenters. The van der Waals surface area contributed by atoms with Gasteiger partial charge >= 0.3 is 0 Å². The highest BCUT2D eigenvalue weighted by atomic mass is 32.2. The van der Waals surface area contributed by atoms with Gasteiger partial charge < -0.3 is 5.73 Å². The molecule has 0 radical (unpaired) electrons. The lowest BCUT2D eigenvalue weighted by Crippen LogP contribution is -2.25. The Morgan fingerprint density at radius 2 is 1.80 bits per heavy atom. The van der Waals surface area contributed by atoms with Crippen molar-refractivity contribution in [2.75, 3.05) is 5.75 Å². The van der Waals surface area contributed by atoms with Crippen molar-refractivity contribution < 1.29 is 4.39 Å². The van der Waals surface area contributed by atoms with E-state index >= 15 is 0 Å². The van der Waals surface area contributed by atoms with Crippen LogP contribution in [-0.2, 0) is 6.42 Å². The molecule has 20 heavy (non-hydrogen) atoms. The predicted octanol–water partition coefficient (Wildman–Crippen LogP) is 4.10. The van der Waals surface area contributed by atoms with E-state index in [4.69, 9.17) is 5.73 Å². The summed E-state index contributed by atoms with van der Waals surface area (Å²) in [6.07, 6.45) is 0.852. The number of hydrogen-bond acceptors (Lipinski definition) is 2. The SMILES string of the molecule is Cc1cc(C)cc(CC(N)CSc2cccc(F)c2)c1. The first-order valence-electron chi connectivity index (χ1n) is 6.74. The quantitative estimate of drug-likeness (QED) is 0.838. The monoisotopic (exact) mass is 289 g/mol. The Morgan fingerprint density at radius 1 is 1.10 bits per heavy atom. The van der Waals surface area contributed by atoms with Gasteiger partial charge in [0.05, 0.1) is 0 Å². The zero-order valence-corrected chi connectivity index (χ0v) is 12.7. The summed E-state index contributed by atoms with van der Waals surface area (Å²) in [6, 6.07) is 13.2. The molecule has 1 nitrogen and oxygen atoms in total. The minimum absolute atomic E-state index is 0.0736. The number of hydrogen-bond donors (Lipinski definition) is 1. The summed E-state index contributed by atoms with van der Waals surface area (Å²) in [4.78, 5) is 0.931. The first kappa shape index (κ1) is 15.1. The van der Waals surface area contributed by atoms with E-state index in [9.17, 15) is 4.39 Å². The van der Waals surface area contributed by atoms with E-state index < -0.39 is 0 Å². The number of benzene rings is 2. The van der Waals surface area contributed by atoms with Gasteiger partial charge in [0.25, 0.3) is 0 Å². The molecule has 0 saturated carbocycles. The summed E-state index contributed by atoms with van der Waals surface area (Å²) in [6.45, 7) is 4.20. The highest BCUT2D eigenvalue weighted by Gasteiger charge is 2.06. The van der Waals surface area contributed by atoms with Crippen LogP contribution in [0.5, 0.6) is 0 Å². The molecule has 0 aliphatic carbocycles. The maximum Gasteiger partial charge on any atom is 0.124 e. The van der Waals surface area contributed by atoms with Crippen LogP contribution in [0.4, 0.5) is 4.39 Å². The molecule has 0 amide bonds. The van der Waals surface area contributed by atoms with Gasteiger partial charge in [0.1, 0.15) is 5.82 Å². The first-order valence-corrected chi connectivity index (χ1v) is 7.72. The molecule has 0 aliphatic rings. The molecular formula is C17H20FNS. The zero-order valence-electron chi connectivity index (χ0n) is 11.9. The second-order valence-corrected chi connectivity index (χ2v) is 6.32. The molecule has 2 rings (SSSR count). The van der Waals surface area contributed by atoms with Crippen LogP contribution in [0.1, 0.15) is 16.7 Å². The minimum Gasteiger partial charge on any atom is -0.327 e. The van der Waals surface area contributed by atoms with Crippen molar-refractivity contribution in [1.29, 1.82) is 0 Å². The van der Waals surface area contributed by atoms with Crippen molar-refractivity contribution in [3.05, 3.63) is 65.0 Å². The van der Waals surface area contributed by atoms with Gasteiger partial charge in [0.15, 0.2) is 0 Å². The Hall–Kier alpha value is -1.32. The summed E-state index contributed by atoms with van der Waals surface area (Å²) in [5, 5.41) is 0. The maximum absolute atomic E-state index is 13.1. The molecule has 3 heteroatoms. The fourth-order valence-electron chi connectivity index (χ4n) is 2.31. The van der Waals surface area contributed by atoms with E-state index in [0.717, 1.165) is 17.1 Å². The van der Waals surface area contributed by atoms with E-state index in [1.807, 2.05) is 6.07 Å². The number of rotatable bonds is 5. The van der Waals surface area contributed by atoms with E-state index in [2.05, 4.69) is 32.0 Å². The van der Waals surface area contributed by atoms with Crippen LogP contribution in [-0.4, -0.2) is 11.8 Å². The van der Waals surface area contributed by atoms with E-state index in [0.29, 0.717) is 0 Å². The van der Waals surface area contributed by atoms with Crippen LogP contribution in [0.3, 0.4) is 0 Å². The highest BCUT2D eigenvalue weighted by molar-refractivity contribution is 7.99. The van der Waals surface area contributed by atoms with Crippen LogP contribution in [0, 0.1) is 19.7 Å². The van der Waals surface area contributed by atoms with Gasteiger partial charge in [-0.25, -0.2) is 4.39 Å². The average molecular weight is 289 g/mol. The average Bonchev–Trinajstić information content (AvgIpc) is 2.35. The van der Waals surface area contributed by atoms with Crippen molar-refractivity contribution >= 4 is 11.8 Å². The van der Waals surface area contributed by atoms with Gasteiger partial charge in [-0.2, -0.15) is 0 Å². The minimum atomic E-state index is -0.196. The first-order chi connectivity index (χ1) is 9.52. The van der Waals surface area contributed by atoms with E-state index in [1.165, 1.54) is 22.8 Å². The van der Waals surface area contributed by atoms with Gasteiger partial charge in [0, 0.05) is 16.7 Å². The van der Waals surface area contributed by atoms with Crippen LogP contribution in [0.25, 0.3) is 0 Å². The third-order valence-corrected chi connectivity index (χ3v) is 4.22. The Balaban J connectivity index is 1.90. The summed E-state index contributed by atoms with van der Waals surface area (Å²) in [5.74, 6) is 0.592. The van der Waals surface area contributed by atoms with Crippen molar-refractivity contribution in [1.82, 2.24) is 0 Å². The summed E-state index contributed by atoms with van der Waals surface area (Å²) >= 11 is 1.61. The smallest absolute Gasteiger partial charge is 0.124 e. The van der Waals surface area contributed by atoms with Gasteiger partial charge in [-0.05, 0) is 44.0 Å². The highest BCUT2D eigenvalue weighted by Crippen LogP contribution is 2.20. The Kier molecular flexibility index (Phi) is 5.21. The fraction of sp³-hybridized carbons (Fsp3) is 0.294. The van der Waals surface area contributed by atoms with Crippen molar-refractivity contribution in [3.63, 3.8) is 0 Å². The number of halogens is 1. The van der Waals surface area contributed by atoms with E-state index in [-0.39, 0.29) is 11.9 Å². The summed E-state index contributed by atoms with van der Waals surface area (Å²) < 4.78 is 13.1. The molecule has 0 saturated heterocycles. The van der Waals surface area contributed by atoms with Gasteiger partial charge in [-0.3, -0.25) is 0 Å². The molecule has 0 aromatic heterocycles. The molecule has 0 fully saturated rings. The summed E-state index contributed by atoms with van der Waals surface area (Å²) in [7, 11) is 0. The molecule has 106 valence electrons. The molecular weight excluding hydrogens is 269 g/mol. The largest absolute Gasteiger partial charge is 0.327 e. The fourth-order valence-corrected chi connectivity index (χ4v) is 3.20. The number of thioether (sulfide) groups is 1. The van der Waals surface area contributed by atoms with Crippen molar-refractivity contribution in [3.8, 4) is 0 Å². The molecule has 1 atom stereocenters. The molecule has 2 N–H and O–H groups in total. The van der Waals surface area contributed by atoms with Gasteiger partial charge in [-0.1, -0.05) is 35.4 Å². The van der Waals surface area contributed by atoms with Crippen LogP contribution in [0.2, 0.25) is 0 Å². The zero-order chi connectivity index (χ0) is 14.5. The normalized spacial score (nSPS) is 12.4. The molecule has 0 aliphatic heterocycles. The topological polar surface area (TPSA) is 26.0 Å². The second-order valence-electron chi connectivity index (χ2n) is 5.23. The maximum atomic E-state index is 13.1. The molecule has 0 bridgehead atoms. The van der Waals surface area contributed by atoms with Crippen LogP contribution in [0.15, 0.2) is 47.4 Å². The molecule has 2 aromatic rings. The third-order valence-electron chi connectivity index (χ3n) is 3.04. The van der Waals surface area contributed by atoms with E-state index in [1.54, 1.807) is 23.9 Å². The van der Waals surface area contributed by atoms with Gasteiger partial charge in [-0.15, -0.1) is 11.8 Å². The molecule has 0 heterocycles. The Labute approximate surface area is 124 Å². The Bertz CT molecular complexity index is 563. The molecule has 0 spiro atoms. The number of nitrogens with two attached hydrogens (primary N) is 1. The van der Waals surface area contributed by atoms with Crippen LogP contribution < -0.4 is 5.73 Å².